The Morgan fingerprint density at radius 3 is 2.60 bits per heavy atom. The standard InChI is InChI=1S/C24H21Cl2NO3/c1-24(2)13-17-4-3-5-21(22(17)30-24)29-14-15-6-8-16(9-7-15)23(28)27-20-11-10-18(25)12-19(20)26/h3-12H,13-14H2,1-2H3,(H,27,28). The molecule has 0 saturated heterocycles. The van der Waals surface area contributed by atoms with E-state index < -0.39 is 0 Å². The van der Waals surface area contributed by atoms with E-state index in [0.29, 0.717) is 27.9 Å². The van der Waals surface area contributed by atoms with E-state index in [1.807, 2.05) is 24.3 Å². The molecule has 3 aromatic carbocycles. The molecule has 0 radical (unpaired) electrons. The van der Waals surface area contributed by atoms with Crippen LogP contribution < -0.4 is 14.8 Å². The highest BCUT2D eigenvalue weighted by Crippen LogP contribution is 2.42. The summed E-state index contributed by atoms with van der Waals surface area (Å²) in [6.07, 6.45) is 0.862. The first-order chi connectivity index (χ1) is 14.3. The molecule has 1 aliphatic heterocycles. The Kier molecular flexibility index (Phi) is 5.63. The maximum absolute atomic E-state index is 12.5. The molecule has 3 aromatic rings. The van der Waals surface area contributed by atoms with Crippen LogP contribution >= 0.6 is 23.2 Å². The summed E-state index contributed by atoms with van der Waals surface area (Å²) >= 11 is 12.0. The lowest BCUT2D eigenvalue weighted by molar-refractivity contribution is 0.102. The first kappa shape index (κ1) is 20.6. The number of amides is 1. The molecule has 4 nitrogen and oxygen atoms in total. The highest BCUT2D eigenvalue weighted by Gasteiger charge is 2.32. The molecule has 0 aromatic heterocycles. The number of halogens is 2. The second-order valence-corrected chi connectivity index (χ2v) is 8.69. The van der Waals surface area contributed by atoms with Gasteiger partial charge in [0.2, 0.25) is 0 Å². The summed E-state index contributed by atoms with van der Waals surface area (Å²) in [6.45, 7) is 4.51. The molecule has 1 amide bonds. The molecule has 4 rings (SSSR count). The lowest BCUT2D eigenvalue weighted by Crippen LogP contribution is -2.24. The summed E-state index contributed by atoms with van der Waals surface area (Å²) in [5, 5.41) is 3.69. The summed E-state index contributed by atoms with van der Waals surface area (Å²) in [5.41, 5.74) is 2.93. The number of hydrogen-bond acceptors (Lipinski definition) is 3. The van der Waals surface area contributed by atoms with Crippen LogP contribution in [0.4, 0.5) is 5.69 Å². The maximum Gasteiger partial charge on any atom is 0.255 e. The van der Waals surface area contributed by atoms with Crippen molar-refractivity contribution in [3.05, 3.63) is 87.4 Å². The SMILES string of the molecule is CC1(C)Cc2cccc(OCc3ccc(C(=O)Nc4ccc(Cl)cc4Cl)cc3)c2O1. The number of ether oxygens (including phenoxy) is 2. The second kappa shape index (κ2) is 8.21. The molecule has 0 atom stereocenters. The normalized spacial score (nSPS) is 14.0. The average Bonchev–Trinajstić information content (AvgIpc) is 3.03. The molecule has 154 valence electrons. The van der Waals surface area contributed by atoms with Gasteiger partial charge in [0.05, 0.1) is 10.7 Å². The first-order valence-corrected chi connectivity index (χ1v) is 10.4. The molecule has 1 heterocycles. The number of benzene rings is 3. The molecule has 1 aliphatic rings. The van der Waals surface area contributed by atoms with E-state index in [-0.39, 0.29) is 11.5 Å². The Bertz CT molecular complexity index is 1090. The van der Waals surface area contributed by atoms with Crippen LogP contribution in [0.15, 0.2) is 60.7 Å². The summed E-state index contributed by atoms with van der Waals surface area (Å²) in [7, 11) is 0. The fourth-order valence-corrected chi connectivity index (χ4v) is 3.86. The van der Waals surface area contributed by atoms with Crippen LogP contribution in [0.25, 0.3) is 0 Å². The van der Waals surface area contributed by atoms with Crippen LogP contribution in [-0.4, -0.2) is 11.5 Å². The van der Waals surface area contributed by atoms with Crippen LogP contribution in [0.3, 0.4) is 0 Å². The Morgan fingerprint density at radius 1 is 1.10 bits per heavy atom. The van der Waals surface area contributed by atoms with Gasteiger partial charge >= 0.3 is 0 Å². The Balaban J connectivity index is 1.40. The molecule has 1 N–H and O–H groups in total. The van der Waals surface area contributed by atoms with Gasteiger partial charge in [0.1, 0.15) is 12.2 Å². The lowest BCUT2D eigenvalue weighted by Gasteiger charge is -2.18. The average molecular weight is 442 g/mol. The molecule has 0 aliphatic carbocycles. The quantitative estimate of drug-likeness (QED) is 0.488. The van der Waals surface area contributed by atoms with E-state index in [1.54, 1.807) is 30.3 Å². The molecule has 0 unspecified atom stereocenters. The fraction of sp³-hybridized carbons (Fsp3) is 0.208. The van der Waals surface area contributed by atoms with Crippen molar-refractivity contribution in [3.63, 3.8) is 0 Å². The Morgan fingerprint density at radius 2 is 1.87 bits per heavy atom. The summed E-state index contributed by atoms with van der Waals surface area (Å²) in [4.78, 5) is 12.5. The van der Waals surface area contributed by atoms with Gasteiger partial charge in [0.25, 0.3) is 5.91 Å². The fourth-order valence-electron chi connectivity index (χ4n) is 3.40. The van der Waals surface area contributed by atoms with Crippen molar-refractivity contribution in [2.75, 3.05) is 5.32 Å². The zero-order chi connectivity index (χ0) is 21.3. The van der Waals surface area contributed by atoms with Crippen molar-refractivity contribution in [1.29, 1.82) is 0 Å². The van der Waals surface area contributed by atoms with Gasteiger partial charge in [-0.15, -0.1) is 0 Å². The molecular weight excluding hydrogens is 421 g/mol. The first-order valence-electron chi connectivity index (χ1n) is 9.60. The van der Waals surface area contributed by atoms with Gasteiger partial charge in [0.15, 0.2) is 11.5 Å². The zero-order valence-electron chi connectivity index (χ0n) is 16.7. The number of hydrogen-bond donors (Lipinski definition) is 1. The van der Waals surface area contributed by atoms with E-state index in [9.17, 15) is 4.79 Å². The molecule has 30 heavy (non-hydrogen) atoms. The van der Waals surface area contributed by atoms with Crippen molar-refractivity contribution >= 4 is 34.8 Å². The monoisotopic (exact) mass is 441 g/mol. The third kappa shape index (κ3) is 4.55. The van der Waals surface area contributed by atoms with Crippen molar-refractivity contribution < 1.29 is 14.3 Å². The molecule has 0 saturated carbocycles. The van der Waals surface area contributed by atoms with Gasteiger partial charge in [-0.05, 0) is 55.8 Å². The number of carbonyl (C=O) groups is 1. The zero-order valence-corrected chi connectivity index (χ0v) is 18.2. The number of rotatable bonds is 5. The number of fused-ring (bicyclic) bond motifs is 1. The Hall–Kier alpha value is -2.69. The highest BCUT2D eigenvalue weighted by molar-refractivity contribution is 6.36. The summed E-state index contributed by atoms with van der Waals surface area (Å²) < 4.78 is 12.0. The molecule has 0 spiro atoms. The Labute approximate surface area is 185 Å². The predicted molar refractivity (Wildman–Crippen MR) is 120 cm³/mol. The topological polar surface area (TPSA) is 47.6 Å². The van der Waals surface area contributed by atoms with Crippen LogP contribution in [-0.2, 0) is 13.0 Å². The number of para-hydroxylation sites is 1. The van der Waals surface area contributed by atoms with Crippen molar-refractivity contribution in [3.8, 4) is 11.5 Å². The van der Waals surface area contributed by atoms with Crippen molar-refractivity contribution in [2.45, 2.75) is 32.5 Å². The van der Waals surface area contributed by atoms with Gasteiger partial charge in [-0.1, -0.05) is 47.5 Å². The number of nitrogens with one attached hydrogen (secondary N) is 1. The number of carbonyl (C=O) groups excluding carboxylic acids is 1. The predicted octanol–water partition coefficient (Wildman–Crippen LogP) is 6.54. The van der Waals surface area contributed by atoms with E-state index in [1.165, 1.54) is 0 Å². The third-order valence-electron chi connectivity index (χ3n) is 4.84. The smallest absolute Gasteiger partial charge is 0.255 e. The molecular formula is C24H21Cl2NO3. The van der Waals surface area contributed by atoms with E-state index >= 15 is 0 Å². The van der Waals surface area contributed by atoms with Gasteiger partial charge in [-0.3, -0.25) is 4.79 Å². The molecule has 0 bridgehead atoms. The van der Waals surface area contributed by atoms with Crippen molar-refractivity contribution in [2.24, 2.45) is 0 Å². The molecule has 0 fully saturated rings. The van der Waals surface area contributed by atoms with Crippen LogP contribution in [0.5, 0.6) is 11.5 Å². The minimum atomic E-state index is -0.247. The van der Waals surface area contributed by atoms with Gasteiger partial charge in [0, 0.05) is 22.6 Å². The van der Waals surface area contributed by atoms with E-state index in [4.69, 9.17) is 32.7 Å². The second-order valence-electron chi connectivity index (χ2n) is 7.85. The van der Waals surface area contributed by atoms with Crippen LogP contribution in [0, 0.1) is 0 Å². The van der Waals surface area contributed by atoms with Gasteiger partial charge in [-0.25, -0.2) is 0 Å². The van der Waals surface area contributed by atoms with Crippen LogP contribution in [0.2, 0.25) is 10.0 Å². The van der Waals surface area contributed by atoms with Gasteiger partial charge in [-0.2, -0.15) is 0 Å². The highest BCUT2D eigenvalue weighted by atomic mass is 35.5. The minimum absolute atomic E-state index is 0.218. The van der Waals surface area contributed by atoms with E-state index in [0.717, 1.165) is 29.0 Å². The minimum Gasteiger partial charge on any atom is -0.485 e. The number of anilines is 1. The summed E-state index contributed by atoms with van der Waals surface area (Å²) in [5.74, 6) is 1.30. The summed E-state index contributed by atoms with van der Waals surface area (Å²) in [6, 6.07) is 18.1. The van der Waals surface area contributed by atoms with Crippen molar-refractivity contribution in [1.82, 2.24) is 0 Å². The largest absolute Gasteiger partial charge is 0.485 e. The van der Waals surface area contributed by atoms with Crippen LogP contribution in [0.1, 0.15) is 35.3 Å². The van der Waals surface area contributed by atoms with Gasteiger partial charge < -0.3 is 14.8 Å². The lowest BCUT2D eigenvalue weighted by atomic mass is 10.0. The maximum atomic E-state index is 12.5. The van der Waals surface area contributed by atoms with E-state index in [2.05, 4.69) is 25.2 Å². The molecule has 6 heteroatoms. The third-order valence-corrected chi connectivity index (χ3v) is 5.39.